The Labute approximate surface area is 136 Å². The van der Waals surface area contributed by atoms with Crippen LogP contribution in [-0.4, -0.2) is 41.2 Å². The summed E-state index contributed by atoms with van der Waals surface area (Å²) in [6.07, 6.45) is 0.0601. The lowest BCUT2D eigenvalue weighted by molar-refractivity contribution is -0.121. The molecule has 1 aromatic carbocycles. The Morgan fingerprint density at radius 2 is 2.10 bits per heavy atom. The first-order chi connectivity index (χ1) is 9.86. The van der Waals surface area contributed by atoms with Gasteiger partial charge in [0, 0.05) is 26.2 Å². The average molecular weight is 346 g/mol. The smallest absolute Gasteiger partial charge is 0.262 e. The monoisotopic (exact) mass is 345 g/mol. The fourth-order valence-electron chi connectivity index (χ4n) is 1.66. The molecule has 0 radical (unpaired) electrons. The van der Waals surface area contributed by atoms with Crippen LogP contribution in [0.15, 0.2) is 23.2 Å². The molecule has 1 aromatic rings. The van der Waals surface area contributed by atoms with E-state index in [0.29, 0.717) is 20.9 Å². The first-order valence-electron chi connectivity index (χ1n) is 6.08. The van der Waals surface area contributed by atoms with Gasteiger partial charge in [-0.05, 0) is 18.2 Å². The fraction of sp³-hybridized carbons (Fsp3) is 0.308. The summed E-state index contributed by atoms with van der Waals surface area (Å²) in [5.74, 6) is -0.553. The summed E-state index contributed by atoms with van der Waals surface area (Å²) < 4.78 is 0. The number of hydrogen-bond donors (Lipinski definition) is 1. The van der Waals surface area contributed by atoms with Gasteiger partial charge in [0.2, 0.25) is 5.91 Å². The number of nitrogens with one attached hydrogen (secondary N) is 1. The quantitative estimate of drug-likeness (QED) is 0.914. The molecule has 0 saturated carbocycles. The van der Waals surface area contributed by atoms with E-state index in [1.54, 1.807) is 37.2 Å². The Balaban J connectivity index is 1.94. The highest BCUT2D eigenvalue weighted by molar-refractivity contribution is 8.15. The van der Waals surface area contributed by atoms with E-state index in [4.69, 9.17) is 23.2 Å². The zero-order valence-electron chi connectivity index (χ0n) is 11.4. The standard InChI is InChI=1S/C13H13Cl2N3O2S/c1-18(2)13-17-12(20)10(21-13)6-11(19)16-7-3-4-8(14)9(15)5-7/h3-5,10H,6H2,1-2H3,(H,16,19). The molecule has 1 aliphatic rings. The largest absolute Gasteiger partial charge is 0.357 e. The van der Waals surface area contributed by atoms with Crippen molar-refractivity contribution in [1.82, 2.24) is 4.90 Å². The Bertz CT molecular complexity index is 619. The van der Waals surface area contributed by atoms with Crippen LogP contribution in [0.1, 0.15) is 6.42 Å². The van der Waals surface area contributed by atoms with Gasteiger partial charge in [-0.1, -0.05) is 35.0 Å². The molecule has 8 heteroatoms. The van der Waals surface area contributed by atoms with Crippen molar-refractivity contribution in [1.29, 1.82) is 0 Å². The second kappa shape index (κ2) is 6.68. The third-order valence-corrected chi connectivity index (χ3v) is 4.74. The summed E-state index contributed by atoms with van der Waals surface area (Å²) in [6.45, 7) is 0. The van der Waals surface area contributed by atoms with E-state index in [0.717, 1.165) is 0 Å². The number of halogens is 2. The maximum atomic E-state index is 12.0. The van der Waals surface area contributed by atoms with E-state index in [2.05, 4.69) is 10.3 Å². The Hall–Kier alpha value is -1.24. The minimum Gasteiger partial charge on any atom is -0.357 e. The number of amidine groups is 1. The van der Waals surface area contributed by atoms with E-state index < -0.39 is 5.25 Å². The summed E-state index contributed by atoms with van der Waals surface area (Å²) in [5.41, 5.74) is 0.540. The van der Waals surface area contributed by atoms with Gasteiger partial charge in [0.05, 0.1) is 10.0 Å². The Kier molecular flexibility index (Phi) is 5.13. The summed E-state index contributed by atoms with van der Waals surface area (Å²) in [5, 5.41) is 3.60. The van der Waals surface area contributed by atoms with Gasteiger partial charge in [-0.2, -0.15) is 4.99 Å². The molecule has 1 atom stereocenters. The fourth-order valence-corrected chi connectivity index (χ4v) is 2.95. The maximum Gasteiger partial charge on any atom is 0.262 e. The molecule has 112 valence electrons. The van der Waals surface area contributed by atoms with Crippen LogP contribution >= 0.6 is 35.0 Å². The van der Waals surface area contributed by atoms with Crippen molar-refractivity contribution in [3.8, 4) is 0 Å². The molecular formula is C13H13Cl2N3O2S. The highest BCUT2D eigenvalue weighted by atomic mass is 35.5. The van der Waals surface area contributed by atoms with Gasteiger partial charge in [0.25, 0.3) is 5.91 Å². The number of hydrogen-bond acceptors (Lipinski definition) is 4. The van der Waals surface area contributed by atoms with Gasteiger partial charge in [-0.15, -0.1) is 0 Å². The normalized spacial score (nSPS) is 17.6. The lowest BCUT2D eigenvalue weighted by Crippen LogP contribution is -2.22. The molecule has 2 rings (SSSR count). The molecule has 2 amide bonds. The summed E-state index contributed by atoms with van der Waals surface area (Å²) >= 11 is 13.0. The highest BCUT2D eigenvalue weighted by Gasteiger charge is 2.31. The van der Waals surface area contributed by atoms with Crippen molar-refractivity contribution in [3.05, 3.63) is 28.2 Å². The van der Waals surface area contributed by atoms with Crippen LogP contribution in [0, 0.1) is 0 Å². The second-order valence-electron chi connectivity index (χ2n) is 4.61. The number of amides is 2. The molecule has 1 aliphatic heterocycles. The van der Waals surface area contributed by atoms with E-state index in [9.17, 15) is 9.59 Å². The molecule has 0 fully saturated rings. The first kappa shape index (κ1) is 16.1. The van der Waals surface area contributed by atoms with Gasteiger partial charge in [-0.3, -0.25) is 9.59 Å². The molecule has 1 unspecified atom stereocenters. The first-order valence-corrected chi connectivity index (χ1v) is 7.72. The lowest BCUT2D eigenvalue weighted by atomic mass is 10.2. The Morgan fingerprint density at radius 1 is 1.38 bits per heavy atom. The molecule has 0 bridgehead atoms. The molecule has 1 N–H and O–H groups in total. The third-order valence-electron chi connectivity index (χ3n) is 2.69. The van der Waals surface area contributed by atoms with Crippen LogP contribution in [0.5, 0.6) is 0 Å². The van der Waals surface area contributed by atoms with Crippen LogP contribution in [0.25, 0.3) is 0 Å². The average Bonchev–Trinajstić information content (AvgIpc) is 2.76. The number of thioether (sulfide) groups is 1. The molecule has 1 heterocycles. The molecule has 21 heavy (non-hydrogen) atoms. The van der Waals surface area contributed by atoms with Gasteiger partial charge in [-0.25, -0.2) is 0 Å². The predicted molar refractivity (Wildman–Crippen MR) is 87.2 cm³/mol. The molecule has 0 saturated heterocycles. The van der Waals surface area contributed by atoms with Crippen molar-refractivity contribution in [2.75, 3.05) is 19.4 Å². The van der Waals surface area contributed by atoms with Crippen LogP contribution in [0.4, 0.5) is 5.69 Å². The minimum atomic E-state index is -0.481. The molecule has 0 aliphatic carbocycles. The number of nitrogens with zero attached hydrogens (tertiary/aromatic N) is 2. The summed E-state index contributed by atoms with van der Waals surface area (Å²) in [4.78, 5) is 29.3. The van der Waals surface area contributed by atoms with E-state index in [1.807, 2.05) is 0 Å². The Morgan fingerprint density at radius 3 is 2.67 bits per heavy atom. The van der Waals surface area contributed by atoms with Gasteiger partial charge in [0.15, 0.2) is 5.17 Å². The van der Waals surface area contributed by atoms with Crippen molar-refractivity contribution in [3.63, 3.8) is 0 Å². The minimum absolute atomic E-state index is 0.0601. The summed E-state index contributed by atoms with van der Waals surface area (Å²) in [6, 6.07) is 4.81. The molecule has 0 spiro atoms. The van der Waals surface area contributed by atoms with Crippen molar-refractivity contribution in [2.45, 2.75) is 11.7 Å². The third kappa shape index (κ3) is 4.12. The van der Waals surface area contributed by atoms with E-state index in [-0.39, 0.29) is 18.2 Å². The number of benzene rings is 1. The lowest BCUT2D eigenvalue weighted by Gasteiger charge is -2.12. The van der Waals surface area contributed by atoms with Gasteiger partial charge in [0.1, 0.15) is 5.25 Å². The van der Waals surface area contributed by atoms with Crippen LogP contribution in [0.2, 0.25) is 10.0 Å². The number of anilines is 1. The number of carbonyl (C=O) groups excluding carboxylic acids is 2. The van der Waals surface area contributed by atoms with Crippen molar-refractivity contribution >= 4 is 57.6 Å². The van der Waals surface area contributed by atoms with Gasteiger partial charge < -0.3 is 10.2 Å². The van der Waals surface area contributed by atoms with Crippen molar-refractivity contribution in [2.24, 2.45) is 4.99 Å². The second-order valence-corrected chi connectivity index (χ2v) is 6.60. The van der Waals surface area contributed by atoms with Crippen LogP contribution < -0.4 is 5.32 Å². The van der Waals surface area contributed by atoms with Crippen molar-refractivity contribution < 1.29 is 9.59 Å². The number of aliphatic imine (C=N–C) groups is 1. The van der Waals surface area contributed by atoms with Crippen LogP contribution in [0.3, 0.4) is 0 Å². The number of rotatable bonds is 3. The molecule has 5 nitrogen and oxygen atoms in total. The van der Waals surface area contributed by atoms with Crippen LogP contribution in [-0.2, 0) is 9.59 Å². The zero-order valence-corrected chi connectivity index (χ0v) is 13.7. The predicted octanol–water partition coefficient (Wildman–Crippen LogP) is 2.88. The van der Waals surface area contributed by atoms with E-state index in [1.165, 1.54) is 11.8 Å². The van der Waals surface area contributed by atoms with E-state index >= 15 is 0 Å². The zero-order chi connectivity index (χ0) is 15.6. The maximum absolute atomic E-state index is 12.0. The summed E-state index contributed by atoms with van der Waals surface area (Å²) in [7, 11) is 3.61. The molecule has 0 aromatic heterocycles. The SMILES string of the molecule is CN(C)C1=NC(=O)C(CC(=O)Nc2ccc(Cl)c(Cl)c2)S1. The molecular weight excluding hydrogens is 333 g/mol. The number of carbonyl (C=O) groups is 2. The van der Waals surface area contributed by atoms with Gasteiger partial charge >= 0.3 is 0 Å². The topological polar surface area (TPSA) is 61.8 Å². The highest BCUT2D eigenvalue weighted by Crippen LogP contribution is 2.28.